The van der Waals surface area contributed by atoms with Crippen molar-refractivity contribution in [1.82, 2.24) is 20.4 Å². The Kier molecular flexibility index (Phi) is 5.27. The van der Waals surface area contributed by atoms with Gasteiger partial charge in [0.05, 0.1) is 6.10 Å². The molecule has 0 amide bonds. The number of aryl methyl sites for hydroxylation is 1. The van der Waals surface area contributed by atoms with E-state index in [4.69, 9.17) is 4.74 Å². The summed E-state index contributed by atoms with van der Waals surface area (Å²) >= 11 is 0. The van der Waals surface area contributed by atoms with Gasteiger partial charge in [0.1, 0.15) is 0 Å². The van der Waals surface area contributed by atoms with Crippen LogP contribution >= 0.6 is 0 Å². The Morgan fingerprint density at radius 3 is 3.24 bits per heavy atom. The molecule has 2 N–H and O–H groups in total. The zero-order chi connectivity index (χ0) is 14.5. The first kappa shape index (κ1) is 15.0. The number of nitrogens with one attached hydrogen (secondary N) is 2. The molecule has 21 heavy (non-hydrogen) atoms. The number of aromatic nitrogens is 2. The fourth-order valence-corrected chi connectivity index (χ4v) is 3.63. The minimum Gasteiger partial charge on any atom is -0.376 e. The maximum absolute atomic E-state index is 5.87. The quantitative estimate of drug-likeness (QED) is 0.881. The van der Waals surface area contributed by atoms with Crippen molar-refractivity contribution in [2.75, 3.05) is 26.2 Å². The first-order chi connectivity index (χ1) is 10.3. The van der Waals surface area contributed by atoms with Gasteiger partial charge in [-0.3, -0.25) is 4.68 Å². The molecule has 1 saturated heterocycles. The molecule has 3 atom stereocenters. The highest BCUT2D eigenvalue weighted by Gasteiger charge is 2.25. The molecular formula is C16H28N4O. The molecule has 2 heterocycles. The second-order valence-electron chi connectivity index (χ2n) is 6.40. The van der Waals surface area contributed by atoms with Crippen LogP contribution in [0.5, 0.6) is 0 Å². The number of hydrogen-bond acceptors (Lipinski definition) is 4. The average Bonchev–Trinajstić information content (AvgIpc) is 2.77. The van der Waals surface area contributed by atoms with Gasteiger partial charge in [0, 0.05) is 50.6 Å². The summed E-state index contributed by atoms with van der Waals surface area (Å²) in [6.45, 7) is 3.92. The first-order valence-electron chi connectivity index (χ1n) is 8.36. The Balaban J connectivity index is 1.48. The molecule has 1 aromatic heterocycles. The molecule has 0 bridgehead atoms. The van der Waals surface area contributed by atoms with E-state index in [9.17, 15) is 0 Å². The molecule has 118 valence electrons. The van der Waals surface area contributed by atoms with Crippen LogP contribution < -0.4 is 10.6 Å². The van der Waals surface area contributed by atoms with Crippen molar-refractivity contribution in [1.29, 1.82) is 0 Å². The van der Waals surface area contributed by atoms with Crippen LogP contribution in [0.25, 0.3) is 0 Å². The zero-order valence-electron chi connectivity index (χ0n) is 13.1. The summed E-state index contributed by atoms with van der Waals surface area (Å²) in [6.07, 6.45) is 8.47. The third-order valence-electron chi connectivity index (χ3n) is 4.81. The van der Waals surface area contributed by atoms with E-state index in [1.807, 2.05) is 10.9 Å². The van der Waals surface area contributed by atoms with Crippen molar-refractivity contribution in [3.8, 4) is 0 Å². The number of nitrogens with zero attached hydrogens (tertiary/aromatic N) is 2. The van der Waals surface area contributed by atoms with Crippen molar-refractivity contribution in [2.24, 2.45) is 7.05 Å². The van der Waals surface area contributed by atoms with Crippen molar-refractivity contribution in [3.63, 3.8) is 0 Å². The van der Waals surface area contributed by atoms with Gasteiger partial charge in [-0.25, -0.2) is 0 Å². The van der Waals surface area contributed by atoms with Crippen molar-refractivity contribution >= 4 is 0 Å². The van der Waals surface area contributed by atoms with Crippen LogP contribution in [-0.2, 0) is 11.8 Å². The van der Waals surface area contributed by atoms with Gasteiger partial charge in [0.25, 0.3) is 0 Å². The van der Waals surface area contributed by atoms with E-state index < -0.39 is 0 Å². The van der Waals surface area contributed by atoms with Gasteiger partial charge in [0.15, 0.2) is 0 Å². The first-order valence-corrected chi connectivity index (χ1v) is 8.36. The van der Waals surface area contributed by atoms with Crippen molar-refractivity contribution in [3.05, 3.63) is 18.0 Å². The lowest BCUT2D eigenvalue weighted by Gasteiger charge is -2.31. The molecule has 2 fully saturated rings. The number of ether oxygens (including phenoxy) is 1. The fraction of sp³-hybridized carbons (Fsp3) is 0.812. The Morgan fingerprint density at radius 2 is 2.38 bits per heavy atom. The van der Waals surface area contributed by atoms with E-state index in [-0.39, 0.29) is 0 Å². The molecular weight excluding hydrogens is 264 g/mol. The molecule has 5 heteroatoms. The zero-order valence-corrected chi connectivity index (χ0v) is 13.1. The van der Waals surface area contributed by atoms with E-state index in [0.717, 1.165) is 32.7 Å². The van der Waals surface area contributed by atoms with E-state index in [1.165, 1.54) is 31.4 Å². The molecule has 1 aliphatic carbocycles. The van der Waals surface area contributed by atoms with Crippen LogP contribution in [0.4, 0.5) is 0 Å². The second kappa shape index (κ2) is 7.38. The summed E-state index contributed by atoms with van der Waals surface area (Å²) in [5.41, 5.74) is 1.38. The van der Waals surface area contributed by atoms with Crippen LogP contribution in [0.3, 0.4) is 0 Å². The smallest absolute Gasteiger partial charge is 0.0823 e. The Bertz CT molecular complexity index is 426. The van der Waals surface area contributed by atoms with E-state index in [2.05, 4.69) is 28.8 Å². The number of rotatable bonds is 4. The fourth-order valence-electron chi connectivity index (χ4n) is 3.63. The van der Waals surface area contributed by atoms with Gasteiger partial charge in [-0.15, -0.1) is 0 Å². The minimum absolute atomic E-state index is 0.324. The lowest BCUT2D eigenvalue weighted by Crippen LogP contribution is -2.42. The predicted octanol–water partition coefficient (Wildman–Crippen LogP) is 1.41. The van der Waals surface area contributed by atoms with Crippen LogP contribution in [0.15, 0.2) is 12.3 Å². The Hall–Kier alpha value is -0.910. The maximum atomic E-state index is 5.87. The summed E-state index contributed by atoms with van der Waals surface area (Å²) in [6, 6.07) is 2.79. The van der Waals surface area contributed by atoms with Gasteiger partial charge >= 0.3 is 0 Å². The average molecular weight is 292 g/mol. The van der Waals surface area contributed by atoms with Gasteiger partial charge in [-0.05, 0) is 38.3 Å². The summed E-state index contributed by atoms with van der Waals surface area (Å²) in [4.78, 5) is 0. The summed E-state index contributed by atoms with van der Waals surface area (Å²) in [5.74, 6) is 0.650. The number of hydrogen-bond donors (Lipinski definition) is 2. The van der Waals surface area contributed by atoms with Gasteiger partial charge < -0.3 is 15.4 Å². The summed E-state index contributed by atoms with van der Waals surface area (Å²) in [5, 5.41) is 11.5. The Morgan fingerprint density at radius 1 is 1.43 bits per heavy atom. The topological polar surface area (TPSA) is 51.1 Å². The third kappa shape index (κ3) is 4.05. The predicted molar refractivity (Wildman–Crippen MR) is 83.4 cm³/mol. The summed E-state index contributed by atoms with van der Waals surface area (Å²) < 4.78 is 7.91. The van der Waals surface area contributed by atoms with E-state index >= 15 is 0 Å². The van der Waals surface area contributed by atoms with E-state index in [1.54, 1.807) is 0 Å². The SMILES string of the molecule is Cn1nccc1C1CCCC(NCC2CNCCCO2)C1. The van der Waals surface area contributed by atoms with Crippen LogP contribution in [0.2, 0.25) is 0 Å². The molecule has 2 aliphatic rings. The van der Waals surface area contributed by atoms with Gasteiger partial charge in [-0.2, -0.15) is 5.10 Å². The van der Waals surface area contributed by atoms with Crippen LogP contribution in [-0.4, -0.2) is 48.2 Å². The molecule has 0 radical (unpaired) electrons. The molecule has 1 saturated carbocycles. The second-order valence-corrected chi connectivity index (χ2v) is 6.40. The van der Waals surface area contributed by atoms with Crippen LogP contribution in [0, 0.1) is 0 Å². The highest BCUT2D eigenvalue weighted by molar-refractivity contribution is 5.09. The molecule has 0 aromatic carbocycles. The molecule has 3 unspecified atom stereocenters. The lowest BCUT2D eigenvalue weighted by molar-refractivity contribution is 0.0635. The summed E-state index contributed by atoms with van der Waals surface area (Å²) in [7, 11) is 2.05. The highest BCUT2D eigenvalue weighted by atomic mass is 16.5. The third-order valence-corrected chi connectivity index (χ3v) is 4.81. The molecule has 3 rings (SSSR count). The Labute approximate surface area is 127 Å². The maximum Gasteiger partial charge on any atom is 0.0823 e. The standard InChI is InChI=1S/C16H28N4O/c1-20-16(6-8-19-20)13-4-2-5-14(10-13)18-12-15-11-17-7-3-9-21-15/h6,8,13-15,17-18H,2-5,7,9-12H2,1H3. The highest BCUT2D eigenvalue weighted by Crippen LogP contribution is 2.32. The monoisotopic (exact) mass is 292 g/mol. The van der Waals surface area contributed by atoms with Gasteiger partial charge in [-0.1, -0.05) is 6.42 Å². The van der Waals surface area contributed by atoms with E-state index in [0.29, 0.717) is 18.1 Å². The minimum atomic E-state index is 0.324. The van der Waals surface area contributed by atoms with Crippen molar-refractivity contribution in [2.45, 2.75) is 50.2 Å². The van der Waals surface area contributed by atoms with Crippen molar-refractivity contribution < 1.29 is 4.74 Å². The molecule has 0 spiro atoms. The largest absolute Gasteiger partial charge is 0.376 e. The van der Waals surface area contributed by atoms with Crippen LogP contribution in [0.1, 0.15) is 43.7 Å². The normalized spacial score (nSPS) is 31.0. The molecule has 5 nitrogen and oxygen atoms in total. The molecule has 1 aliphatic heterocycles. The van der Waals surface area contributed by atoms with Gasteiger partial charge in [0.2, 0.25) is 0 Å². The lowest BCUT2D eigenvalue weighted by atomic mass is 9.83. The molecule has 1 aromatic rings.